The van der Waals surface area contributed by atoms with Crippen molar-refractivity contribution in [2.24, 2.45) is 0 Å². The summed E-state index contributed by atoms with van der Waals surface area (Å²) in [7, 11) is -1.89. The predicted molar refractivity (Wildman–Crippen MR) is 113 cm³/mol. The largest absolute Gasteiger partial charge is 0.492 e. The van der Waals surface area contributed by atoms with Gasteiger partial charge in [-0.25, -0.2) is 8.42 Å². The van der Waals surface area contributed by atoms with Crippen molar-refractivity contribution >= 4 is 15.9 Å². The quantitative estimate of drug-likeness (QED) is 0.694. The first-order chi connectivity index (χ1) is 14.0. The van der Waals surface area contributed by atoms with Crippen molar-refractivity contribution in [1.82, 2.24) is 9.21 Å². The monoisotopic (exact) mass is 416 g/mol. The highest BCUT2D eigenvalue weighted by Crippen LogP contribution is 2.21. The van der Waals surface area contributed by atoms with Gasteiger partial charge in [-0.15, -0.1) is 0 Å². The van der Waals surface area contributed by atoms with E-state index in [-0.39, 0.29) is 10.8 Å². The molecule has 2 aromatic carbocycles. The second-order valence-electron chi connectivity index (χ2n) is 7.23. The maximum Gasteiger partial charge on any atom is 0.253 e. The van der Waals surface area contributed by atoms with E-state index in [2.05, 4.69) is 0 Å². The molecule has 0 aromatic heterocycles. The van der Waals surface area contributed by atoms with Crippen LogP contribution in [0.1, 0.15) is 36.0 Å². The first-order valence-corrected chi connectivity index (χ1v) is 11.5. The molecule has 29 heavy (non-hydrogen) atoms. The number of rotatable bonds is 7. The van der Waals surface area contributed by atoms with Crippen LogP contribution in [0.4, 0.5) is 0 Å². The van der Waals surface area contributed by atoms with Gasteiger partial charge in [0.1, 0.15) is 12.4 Å². The molecule has 156 valence electrons. The van der Waals surface area contributed by atoms with E-state index in [9.17, 15) is 13.2 Å². The summed E-state index contributed by atoms with van der Waals surface area (Å²) >= 11 is 0. The first kappa shape index (κ1) is 21.3. The second-order valence-corrected chi connectivity index (χ2v) is 9.17. The minimum Gasteiger partial charge on any atom is -0.492 e. The number of para-hydroxylation sites is 1. The fourth-order valence-corrected chi connectivity index (χ4v) is 4.92. The summed E-state index contributed by atoms with van der Waals surface area (Å²) in [5.74, 6) is 0.522. The highest BCUT2D eigenvalue weighted by Gasteiger charge is 2.26. The summed E-state index contributed by atoms with van der Waals surface area (Å²) < 4.78 is 33.2. The molecule has 0 atom stereocenters. The van der Waals surface area contributed by atoms with E-state index in [1.165, 1.54) is 6.07 Å². The summed E-state index contributed by atoms with van der Waals surface area (Å²) in [5.41, 5.74) is 0.364. The minimum absolute atomic E-state index is 0.180. The molecule has 0 unspecified atom stereocenters. The summed E-state index contributed by atoms with van der Waals surface area (Å²) in [5, 5.41) is 0. The number of sulfonamides is 1. The lowest BCUT2D eigenvalue weighted by atomic mass is 10.2. The van der Waals surface area contributed by atoms with Crippen molar-refractivity contribution < 1.29 is 17.9 Å². The Morgan fingerprint density at radius 1 is 1.00 bits per heavy atom. The third-order valence-corrected chi connectivity index (χ3v) is 6.96. The normalized spacial score (nSPS) is 15.5. The third kappa shape index (κ3) is 5.58. The molecule has 3 rings (SSSR count). The molecule has 6 nitrogen and oxygen atoms in total. The van der Waals surface area contributed by atoms with Gasteiger partial charge in [-0.1, -0.05) is 37.1 Å². The molecule has 0 saturated carbocycles. The molecule has 7 heteroatoms. The summed E-state index contributed by atoms with van der Waals surface area (Å²) in [6.45, 7) is 1.84. The Hall–Kier alpha value is -2.38. The van der Waals surface area contributed by atoms with Gasteiger partial charge in [0.15, 0.2) is 0 Å². The van der Waals surface area contributed by atoms with Crippen LogP contribution in [0.2, 0.25) is 0 Å². The van der Waals surface area contributed by atoms with Gasteiger partial charge in [-0.2, -0.15) is 4.31 Å². The molecular weight excluding hydrogens is 388 g/mol. The Labute approximate surface area is 173 Å². The Morgan fingerprint density at radius 2 is 1.69 bits per heavy atom. The summed E-state index contributed by atoms with van der Waals surface area (Å²) in [6, 6.07) is 15.7. The zero-order valence-corrected chi connectivity index (χ0v) is 17.6. The molecule has 1 saturated heterocycles. The van der Waals surface area contributed by atoms with Gasteiger partial charge < -0.3 is 9.64 Å². The summed E-state index contributed by atoms with van der Waals surface area (Å²) in [6.07, 6.45) is 3.87. The smallest absolute Gasteiger partial charge is 0.253 e. The number of amides is 1. The predicted octanol–water partition coefficient (Wildman–Crippen LogP) is 3.40. The molecule has 1 amide bonds. The number of benzene rings is 2. The molecular formula is C22H28N2O4S. The molecule has 0 aliphatic carbocycles. The van der Waals surface area contributed by atoms with Crippen LogP contribution in [0.25, 0.3) is 0 Å². The lowest BCUT2D eigenvalue weighted by molar-refractivity contribution is 0.0773. The van der Waals surface area contributed by atoms with Crippen molar-refractivity contribution in [3.05, 3.63) is 60.2 Å². The van der Waals surface area contributed by atoms with Gasteiger partial charge >= 0.3 is 0 Å². The van der Waals surface area contributed by atoms with Crippen molar-refractivity contribution in [3.63, 3.8) is 0 Å². The number of hydrogen-bond donors (Lipinski definition) is 0. The second kappa shape index (κ2) is 9.89. The van der Waals surface area contributed by atoms with E-state index in [4.69, 9.17) is 4.74 Å². The average molecular weight is 417 g/mol. The number of hydrogen-bond acceptors (Lipinski definition) is 4. The number of carbonyl (C=O) groups excluding carboxylic acids is 1. The number of likely N-dealkylation sites (N-methyl/N-ethyl adjacent to an activating group) is 1. The fraction of sp³-hybridized carbons (Fsp3) is 0.409. The molecule has 0 bridgehead atoms. The van der Waals surface area contributed by atoms with Crippen LogP contribution in [-0.2, 0) is 10.0 Å². The molecule has 0 N–H and O–H groups in total. The van der Waals surface area contributed by atoms with E-state index in [1.807, 2.05) is 30.3 Å². The lowest BCUT2D eigenvalue weighted by Gasteiger charge is -2.21. The standard InChI is InChI=1S/C22H28N2O4S/c1-23(16-17-28-20-11-5-4-6-12-20)22(25)19-10-9-13-21(18-19)29(26,27)24-14-7-2-3-8-15-24/h4-6,9-13,18H,2-3,7-8,14-17H2,1H3. The van der Waals surface area contributed by atoms with Crippen LogP contribution in [0.15, 0.2) is 59.5 Å². The number of ether oxygens (including phenoxy) is 1. The van der Waals surface area contributed by atoms with Crippen LogP contribution in [0.3, 0.4) is 0 Å². The van der Waals surface area contributed by atoms with Crippen LogP contribution < -0.4 is 4.74 Å². The molecule has 1 aliphatic rings. The molecule has 0 radical (unpaired) electrons. The summed E-state index contributed by atoms with van der Waals surface area (Å²) in [4.78, 5) is 14.5. The van der Waals surface area contributed by atoms with Gasteiger partial charge in [0, 0.05) is 25.7 Å². The Bertz CT molecular complexity index is 907. The van der Waals surface area contributed by atoms with E-state index >= 15 is 0 Å². The zero-order valence-electron chi connectivity index (χ0n) is 16.8. The van der Waals surface area contributed by atoms with Gasteiger partial charge in [-0.05, 0) is 43.2 Å². The third-order valence-electron chi connectivity index (χ3n) is 5.07. The fourth-order valence-electron chi connectivity index (χ4n) is 3.36. The van der Waals surface area contributed by atoms with Crippen LogP contribution in [0, 0.1) is 0 Å². The van der Waals surface area contributed by atoms with Gasteiger partial charge in [0.05, 0.1) is 11.4 Å². The highest BCUT2D eigenvalue weighted by molar-refractivity contribution is 7.89. The average Bonchev–Trinajstić information content (AvgIpc) is 3.04. The molecule has 1 heterocycles. The van der Waals surface area contributed by atoms with Crippen molar-refractivity contribution in [2.75, 3.05) is 33.3 Å². The van der Waals surface area contributed by atoms with Gasteiger partial charge in [-0.3, -0.25) is 4.79 Å². The maximum absolute atomic E-state index is 13.0. The molecule has 1 aliphatic heterocycles. The zero-order chi connectivity index (χ0) is 20.7. The van der Waals surface area contributed by atoms with E-state index < -0.39 is 10.0 Å². The van der Waals surface area contributed by atoms with E-state index in [0.717, 1.165) is 31.4 Å². The van der Waals surface area contributed by atoms with Crippen molar-refractivity contribution in [3.8, 4) is 5.75 Å². The van der Waals surface area contributed by atoms with Gasteiger partial charge in [0.25, 0.3) is 5.91 Å². The first-order valence-electron chi connectivity index (χ1n) is 10.0. The maximum atomic E-state index is 13.0. The van der Waals surface area contributed by atoms with Gasteiger partial charge in [0.2, 0.25) is 10.0 Å². The van der Waals surface area contributed by atoms with Crippen LogP contribution in [-0.4, -0.2) is 56.8 Å². The topological polar surface area (TPSA) is 66.9 Å². The Balaban J connectivity index is 1.65. The van der Waals surface area contributed by atoms with Crippen LogP contribution >= 0.6 is 0 Å². The van der Waals surface area contributed by atoms with Crippen molar-refractivity contribution in [1.29, 1.82) is 0 Å². The van der Waals surface area contributed by atoms with Crippen molar-refractivity contribution in [2.45, 2.75) is 30.6 Å². The van der Waals surface area contributed by atoms with E-state index in [1.54, 1.807) is 34.5 Å². The highest BCUT2D eigenvalue weighted by atomic mass is 32.2. The Morgan fingerprint density at radius 3 is 2.38 bits per heavy atom. The SMILES string of the molecule is CN(CCOc1ccccc1)C(=O)c1cccc(S(=O)(=O)N2CCCCCC2)c1. The van der Waals surface area contributed by atoms with E-state index in [0.29, 0.717) is 31.8 Å². The Kier molecular flexibility index (Phi) is 7.28. The number of carbonyl (C=O) groups is 1. The molecule has 1 fully saturated rings. The lowest BCUT2D eigenvalue weighted by Crippen LogP contribution is -2.33. The molecule has 2 aromatic rings. The minimum atomic E-state index is -3.58. The van der Waals surface area contributed by atoms with Crippen LogP contribution in [0.5, 0.6) is 5.75 Å². The molecule has 0 spiro atoms. The number of nitrogens with zero attached hydrogens (tertiary/aromatic N) is 2.